The van der Waals surface area contributed by atoms with E-state index in [4.69, 9.17) is 0 Å². The highest BCUT2D eigenvalue weighted by Gasteiger charge is 2.47. The zero-order valence-corrected chi connectivity index (χ0v) is 9.93. The molecule has 1 heteroatoms. The minimum Gasteiger partial charge on any atom is -0.316 e. The highest BCUT2D eigenvalue weighted by Crippen LogP contribution is 2.53. The van der Waals surface area contributed by atoms with Gasteiger partial charge in [-0.2, -0.15) is 0 Å². The summed E-state index contributed by atoms with van der Waals surface area (Å²) in [5.74, 6) is 2.19. The van der Waals surface area contributed by atoms with Crippen LogP contribution in [-0.2, 0) is 0 Å². The molecule has 1 aliphatic heterocycles. The lowest BCUT2D eigenvalue weighted by Crippen LogP contribution is -2.34. The van der Waals surface area contributed by atoms with E-state index in [2.05, 4.69) is 5.32 Å². The monoisotopic (exact) mass is 207 g/mol. The molecular weight excluding hydrogens is 182 g/mol. The molecule has 3 fully saturated rings. The summed E-state index contributed by atoms with van der Waals surface area (Å²) in [6.45, 7) is 2.64. The molecule has 0 aromatic rings. The van der Waals surface area contributed by atoms with Crippen molar-refractivity contribution < 1.29 is 0 Å². The second-order valence-electron chi connectivity index (χ2n) is 6.19. The van der Waals surface area contributed by atoms with E-state index >= 15 is 0 Å². The third-order valence-electron chi connectivity index (χ3n) is 5.47. The molecule has 0 unspecified atom stereocenters. The van der Waals surface area contributed by atoms with Crippen LogP contribution in [0.15, 0.2) is 0 Å². The average molecular weight is 207 g/mol. The molecule has 15 heavy (non-hydrogen) atoms. The van der Waals surface area contributed by atoms with Gasteiger partial charge in [0.05, 0.1) is 0 Å². The van der Waals surface area contributed by atoms with Crippen LogP contribution in [0.4, 0.5) is 0 Å². The lowest BCUT2D eigenvalue weighted by molar-refractivity contribution is 0.125. The molecule has 2 aliphatic carbocycles. The van der Waals surface area contributed by atoms with E-state index in [1.165, 1.54) is 51.6 Å². The first-order chi connectivity index (χ1) is 7.41. The largest absolute Gasteiger partial charge is 0.316 e. The van der Waals surface area contributed by atoms with Gasteiger partial charge in [-0.05, 0) is 43.1 Å². The summed E-state index contributed by atoms with van der Waals surface area (Å²) >= 11 is 0. The molecule has 2 atom stereocenters. The Balaban J connectivity index is 1.72. The minimum absolute atomic E-state index is 0.752. The molecule has 3 rings (SSSR count). The van der Waals surface area contributed by atoms with Crippen LogP contribution in [0.25, 0.3) is 0 Å². The summed E-state index contributed by atoms with van der Waals surface area (Å²) in [5, 5.41) is 3.62. The highest BCUT2D eigenvalue weighted by molar-refractivity contribution is 4.99. The molecule has 1 N–H and O–H groups in total. The van der Waals surface area contributed by atoms with Crippen molar-refractivity contribution >= 4 is 0 Å². The predicted octanol–water partition coefficient (Wildman–Crippen LogP) is 3.35. The fourth-order valence-electron chi connectivity index (χ4n) is 4.73. The molecule has 1 spiro atoms. The van der Waals surface area contributed by atoms with Crippen molar-refractivity contribution in [2.24, 2.45) is 17.3 Å². The van der Waals surface area contributed by atoms with Gasteiger partial charge in [-0.1, -0.05) is 38.5 Å². The fourth-order valence-corrected chi connectivity index (χ4v) is 4.73. The Hall–Kier alpha value is -0.0400. The number of hydrogen-bond acceptors (Lipinski definition) is 1. The molecular formula is C14H25N. The maximum atomic E-state index is 3.62. The van der Waals surface area contributed by atoms with Crippen LogP contribution in [0.2, 0.25) is 0 Å². The Kier molecular flexibility index (Phi) is 2.76. The molecule has 0 radical (unpaired) electrons. The first-order valence-electron chi connectivity index (χ1n) is 7.11. The van der Waals surface area contributed by atoms with Crippen molar-refractivity contribution in [2.75, 3.05) is 13.1 Å². The smallest absolute Gasteiger partial charge is 0.00110 e. The Morgan fingerprint density at radius 1 is 0.867 bits per heavy atom. The van der Waals surface area contributed by atoms with Gasteiger partial charge in [0.25, 0.3) is 0 Å². The minimum atomic E-state index is 0.752. The third-order valence-corrected chi connectivity index (χ3v) is 5.47. The molecule has 0 amide bonds. The molecule has 3 aliphatic rings. The van der Waals surface area contributed by atoms with E-state index in [1.807, 2.05) is 0 Å². The molecule has 1 heterocycles. The van der Waals surface area contributed by atoms with E-state index in [0.29, 0.717) is 0 Å². The second kappa shape index (κ2) is 4.08. The molecule has 2 saturated carbocycles. The quantitative estimate of drug-likeness (QED) is 0.695. The fraction of sp³-hybridized carbons (Fsp3) is 1.00. The Morgan fingerprint density at radius 2 is 1.73 bits per heavy atom. The van der Waals surface area contributed by atoms with Gasteiger partial charge in [-0.3, -0.25) is 0 Å². The van der Waals surface area contributed by atoms with E-state index in [-0.39, 0.29) is 0 Å². The lowest BCUT2D eigenvalue weighted by Gasteiger charge is -2.38. The normalized spacial score (nSPS) is 42.8. The Labute approximate surface area is 94.0 Å². The van der Waals surface area contributed by atoms with Crippen molar-refractivity contribution in [3.8, 4) is 0 Å². The van der Waals surface area contributed by atoms with Crippen molar-refractivity contribution in [3.05, 3.63) is 0 Å². The van der Waals surface area contributed by atoms with Crippen LogP contribution < -0.4 is 5.32 Å². The van der Waals surface area contributed by atoms with E-state index in [0.717, 1.165) is 17.3 Å². The van der Waals surface area contributed by atoms with E-state index in [1.54, 1.807) is 19.3 Å². The molecule has 0 aromatic heterocycles. The highest BCUT2D eigenvalue weighted by atomic mass is 14.9. The maximum absolute atomic E-state index is 3.62. The van der Waals surface area contributed by atoms with Gasteiger partial charge in [0.15, 0.2) is 0 Å². The van der Waals surface area contributed by atoms with Crippen LogP contribution in [0.3, 0.4) is 0 Å². The zero-order chi connectivity index (χ0) is 10.1. The van der Waals surface area contributed by atoms with Gasteiger partial charge in [0.1, 0.15) is 0 Å². The van der Waals surface area contributed by atoms with Crippen LogP contribution in [0.5, 0.6) is 0 Å². The van der Waals surface area contributed by atoms with Gasteiger partial charge in [-0.25, -0.2) is 0 Å². The third kappa shape index (κ3) is 1.73. The summed E-state index contributed by atoms with van der Waals surface area (Å²) in [5.41, 5.74) is 0.752. The summed E-state index contributed by atoms with van der Waals surface area (Å²) in [6.07, 6.45) is 13.7. The van der Waals surface area contributed by atoms with Gasteiger partial charge in [0, 0.05) is 6.54 Å². The molecule has 1 nitrogen and oxygen atoms in total. The van der Waals surface area contributed by atoms with Crippen LogP contribution in [0.1, 0.15) is 57.8 Å². The number of rotatable bonds is 1. The Morgan fingerprint density at radius 3 is 2.47 bits per heavy atom. The maximum Gasteiger partial charge on any atom is 0.00110 e. The summed E-state index contributed by atoms with van der Waals surface area (Å²) in [6, 6.07) is 0. The lowest BCUT2D eigenvalue weighted by atomic mass is 9.67. The van der Waals surface area contributed by atoms with Crippen LogP contribution >= 0.6 is 0 Å². The molecule has 0 bridgehead atoms. The standard InChI is InChI=1S/C14H25N/c1-2-5-12(6-3-1)13-7-4-8-14(13)9-10-15-11-14/h12-13,15H,1-11H2/t13-,14+/m0/s1. The van der Waals surface area contributed by atoms with Crippen molar-refractivity contribution in [2.45, 2.75) is 57.8 Å². The topological polar surface area (TPSA) is 12.0 Å². The Bertz CT molecular complexity index is 206. The van der Waals surface area contributed by atoms with Crippen LogP contribution in [0, 0.1) is 17.3 Å². The van der Waals surface area contributed by atoms with Crippen molar-refractivity contribution in [3.63, 3.8) is 0 Å². The molecule has 1 saturated heterocycles. The number of nitrogens with one attached hydrogen (secondary N) is 1. The predicted molar refractivity (Wildman–Crippen MR) is 63.8 cm³/mol. The van der Waals surface area contributed by atoms with Gasteiger partial charge < -0.3 is 5.32 Å². The molecule has 0 aromatic carbocycles. The van der Waals surface area contributed by atoms with E-state index < -0.39 is 0 Å². The summed E-state index contributed by atoms with van der Waals surface area (Å²) in [7, 11) is 0. The second-order valence-corrected chi connectivity index (χ2v) is 6.19. The van der Waals surface area contributed by atoms with Gasteiger partial charge >= 0.3 is 0 Å². The SMILES string of the molecule is C1CCC([C@@H]2CCC[C@]23CCNC3)CC1. The van der Waals surface area contributed by atoms with Crippen molar-refractivity contribution in [1.82, 2.24) is 5.32 Å². The van der Waals surface area contributed by atoms with Crippen molar-refractivity contribution in [1.29, 1.82) is 0 Å². The first kappa shape index (κ1) is 10.1. The van der Waals surface area contributed by atoms with E-state index in [9.17, 15) is 0 Å². The van der Waals surface area contributed by atoms with Crippen LogP contribution in [-0.4, -0.2) is 13.1 Å². The summed E-state index contributed by atoms with van der Waals surface area (Å²) < 4.78 is 0. The van der Waals surface area contributed by atoms with Gasteiger partial charge in [0.2, 0.25) is 0 Å². The first-order valence-corrected chi connectivity index (χ1v) is 7.11. The zero-order valence-electron chi connectivity index (χ0n) is 9.93. The number of hydrogen-bond donors (Lipinski definition) is 1. The summed E-state index contributed by atoms with van der Waals surface area (Å²) in [4.78, 5) is 0. The van der Waals surface area contributed by atoms with Gasteiger partial charge in [-0.15, -0.1) is 0 Å². The average Bonchev–Trinajstić information content (AvgIpc) is 2.91. The molecule has 86 valence electrons.